The summed E-state index contributed by atoms with van der Waals surface area (Å²) in [6.45, 7) is 2.48. The van der Waals surface area contributed by atoms with E-state index in [4.69, 9.17) is 4.74 Å². The van der Waals surface area contributed by atoms with Gasteiger partial charge in [0.15, 0.2) is 0 Å². The molecule has 0 aromatic heterocycles. The highest BCUT2D eigenvalue weighted by Gasteiger charge is 2.55. The van der Waals surface area contributed by atoms with Crippen LogP contribution in [0.1, 0.15) is 41.0 Å². The van der Waals surface area contributed by atoms with Crippen molar-refractivity contribution in [3.8, 4) is 5.75 Å². The van der Waals surface area contributed by atoms with Gasteiger partial charge in [-0.2, -0.15) is 0 Å². The Kier molecular flexibility index (Phi) is 4.74. The van der Waals surface area contributed by atoms with Gasteiger partial charge in [-0.25, -0.2) is 0 Å². The van der Waals surface area contributed by atoms with Crippen LogP contribution < -0.4 is 10.1 Å². The van der Waals surface area contributed by atoms with Crippen LogP contribution in [0.2, 0.25) is 0 Å². The number of carboxylic acids is 1. The Morgan fingerprint density at radius 2 is 1.29 bits per heavy atom. The fraction of sp³-hybridized carbons (Fsp3) is 0.231. The molecule has 2 atom stereocenters. The SMILES string of the molecule is CCOc1ccc(NC(=O)[C@@H]2C3c4ccccc4C(c4ccccc43)[C@@H]2C(=O)O)cc1. The Morgan fingerprint density at radius 1 is 0.806 bits per heavy atom. The first-order valence-corrected chi connectivity index (χ1v) is 10.5. The van der Waals surface area contributed by atoms with E-state index in [1.807, 2.05) is 55.5 Å². The normalized spacial score (nSPS) is 22.9. The van der Waals surface area contributed by atoms with Crippen molar-refractivity contribution in [2.75, 3.05) is 11.9 Å². The van der Waals surface area contributed by atoms with Crippen molar-refractivity contribution >= 4 is 17.6 Å². The van der Waals surface area contributed by atoms with Gasteiger partial charge in [0.2, 0.25) is 5.91 Å². The fourth-order valence-electron chi connectivity index (χ4n) is 5.32. The van der Waals surface area contributed by atoms with Crippen LogP contribution in [-0.4, -0.2) is 23.6 Å². The van der Waals surface area contributed by atoms with Crippen LogP contribution in [0, 0.1) is 11.8 Å². The van der Waals surface area contributed by atoms with Crippen LogP contribution in [0.5, 0.6) is 5.75 Å². The van der Waals surface area contributed by atoms with E-state index in [1.165, 1.54) is 0 Å². The molecule has 0 heterocycles. The number of benzene rings is 3. The molecule has 5 nitrogen and oxygen atoms in total. The number of aliphatic carboxylic acids is 1. The van der Waals surface area contributed by atoms with Gasteiger partial charge in [-0.05, 0) is 53.4 Å². The molecule has 2 N–H and O–H groups in total. The van der Waals surface area contributed by atoms with Crippen LogP contribution >= 0.6 is 0 Å². The minimum Gasteiger partial charge on any atom is -0.494 e. The summed E-state index contributed by atoms with van der Waals surface area (Å²) in [5.74, 6) is -2.63. The molecule has 0 unspecified atom stereocenters. The van der Waals surface area contributed by atoms with Crippen LogP contribution in [0.3, 0.4) is 0 Å². The predicted molar refractivity (Wildman–Crippen MR) is 117 cm³/mol. The first-order valence-electron chi connectivity index (χ1n) is 10.5. The molecule has 3 aromatic rings. The van der Waals surface area contributed by atoms with E-state index in [9.17, 15) is 14.7 Å². The van der Waals surface area contributed by atoms with Crippen LogP contribution in [-0.2, 0) is 9.59 Å². The number of amides is 1. The number of rotatable bonds is 5. The van der Waals surface area contributed by atoms with Crippen molar-refractivity contribution < 1.29 is 19.4 Å². The number of ether oxygens (including phenoxy) is 1. The quantitative estimate of drug-likeness (QED) is 0.639. The third-order valence-electron chi connectivity index (χ3n) is 6.46. The van der Waals surface area contributed by atoms with Gasteiger partial charge in [-0.3, -0.25) is 9.59 Å². The number of fused-ring (bicyclic) bond motifs is 1. The number of carbonyl (C=O) groups is 2. The first kappa shape index (κ1) is 19.4. The van der Waals surface area contributed by atoms with Gasteiger partial charge in [0.05, 0.1) is 18.4 Å². The maximum Gasteiger partial charge on any atom is 0.308 e. The Hall–Kier alpha value is -3.60. The van der Waals surface area contributed by atoms with Crippen LogP contribution in [0.4, 0.5) is 5.69 Å². The van der Waals surface area contributed by atoms with Gasteiger partial charge < -0.3 is 15.2 Å². The lowest BCUT2D eigenvalue weighted by Gasteiger charge is -2.48. The van der Waals surface area contributed by atoms with Gasteiger partial charge in [-0.15, -0.1) is 0 Å². The third kappa shape index (κ3) is 3.08. The van der Waals surface area contributed by atoms with Crippen LogP contribution in [0.15, 0.2) is 72.8 Å². The van der Waals surface area contributed by atoms with Crippen LogP contribution in [0.25, 0.3) is 0 Å². The minimum atomic E-state index is -0.939. The Balaban J connectivity index is 1.56. The molecule has 3 aliphatic rings. The minimum absolute atomic E-state index is 0.268. The average molecular weight is 413 g/mol. The van der Waals surface area contributed by atoms with E-state index in [1.54, 1.807) is 24.3 Å². The molecule has 0 radical (unpaired) electrons. The fourth-order valence-corrected chi connectivity index (χ4v) is 5.32. The lowest BCUT2D eigenvalue weighted by Crippen LogP contribution is -2.48. The molecule has 156 valence electrons. The lowest BCUT2D eigenvalue weighted by molar-refractivity contribution is -0.148. The highest BCUT2D eigenvalue weighted by molar-refractivity contribution is 5.98. The molecule has 0 saturated carbocycles. The molecular weight excluding hydrogens is 390 g/mol. The largest absolute Gasteiger partial charge is 0.494 e. The molecule has 3 aliphatic carbocycles. The Labute approximate surface area is 180 Å². The zero-order chi connectivity index (χ0) is 21.5. The van der Waals surface area contributed by atoms with E-state index in [2.05, 4.69) is 5.32 Å². The van der Waals surface area contributed by atoms with Gasteiger partial charge >= 0.3 is 5.97 Å². The first-order chi connectivity index (χ1) is 15.1. The summed E-state index contributed by atoms with van der Waals surface area (Å²) in [5.41, 5.74) is 4.76. The molecule has 0 spiro atoms. The van der Waals surface area contributed by atoms with E-state index < -0.39 is 17.8 Å². The van der Waals surface area contributed by atoms with Crippen molar-refractivity contribution in [1.29, 1.82) is 0 Å². The summed E-state index contributed by atoms with van der Waals surface area (Å²) in [6, 6.07) is 23.0. The van der Waals surface area contributed by atoms with Gasteiger partial charge in [0, 0.05) is 17.5 Å². The summed E-state index contributed by atoms with van der Waals surface area (Å²) < 4.78 is 5.46. The molecule has 1 amide bonds. The van der Waals surface area contributed by atoms with Crippen molar-refractivity contribution in [3.05, 3.63) is 95.1 Å². The van der Waals surface area contributed by atoms with Gasteiger partial charge in [-0.1, -0.05) is 48.5 Å². The topological polar surface area (TPSA) is 75.6 Å². The molecule has 6 rings (SSSR count). The molecule has 0 saturated heterocycles. The maximum atomic E-state index is 13.5. The number of nitrogens with one attached hydrogen (secondary N) is 1. The zero-order valence-corrected chi connectivity index (χ0v) is 17.1. The monoisotopic (exact) mass is 413 g/mol. The number of hydrogen-bond acceptors (Lipinski definition) is 3. The summed E-state index contributed by atoms with van der Waals surface area (Å²) in [6.07, 6.45) is 0. The number of carbonyl (C=O) groups excluding carboxylic acids is 1. The third-order valence-corrected chi connectivity index (χ3v) is 6.46. The smallest absolute Gasteiger partial charge is 0.308 e. The summed E-state index contributed by atoms with van der Waals surface area (Å²) >= 11 is 0. The van der Waals surface area contributed by atoms with Crippen molar-refractivity contribution in [1.82, 2.24) is 0 Å². The Morgan fingerprint density at radius 3 is 1.74 bits per heavy atom. The molecular formula is C26H23NO4. The lowest BCUT2D eigenvalue weighted by atomic mass is 9.54. The van der Waals surface area contributed by atoms with Gasteiger partial charge in [0.25, 0.3) is 0 Å². The predicted octanol–water partition coefficient (Wildman–Crippen LogP) is 4.63. The van der Waals surface area contributed by atoms with Crippen molar-refractivity contribution in [3.63, 3.8) is 0 Å². The standard InChI is InChI=1S/C26H23NO4/c1-2-31-16-13-11-15(12-14-16)27-25(28)23-21-17-7-3-5-9-19(17)22(24(23)26(29)30)20-10-6-4-8-18(20)21/h3-14,21-24H,2H2,1H3,(H,27,28)(H,29,30)/t21?,22?,23-,24+/m1/s1. The zero-order valence-electron chi connectivity index (χ0n) is 17.1. The molecule has 31 heavy (non-hydrogen) atoms. The number of carboxylic acid groups (broad SMARTS) is 1. The van der Waals surface area contributed by atoms with Gasteiger partial charge in [0.1, 0.15) is 5.75 Å². The summed E-state index contributed by atoms with van der Waals surface area (Å²) in [4.78, 5) is 25.9. The second kappa shape index (κ2) is 7.58. The highest BCUT2D eigenvalue weighted by atomic mass is 16.5. The average Bonchev–Trinajstić information content (AvgIpc) is 2.80. The molecule has 0 aliphatic heterocycles. The molecule has 0 fully saturated rings. The highest BCUT2D eigenvalue weighted by Crippen LogP contribution is 2.58. The number of anilines is 1. The van der Waals surface area contributed by atoms with E-state index in [0.717, 1.165) is 28.0 Å². The molecule has 2 bridgehead atoms. The molecule has 5 heteroatoms. The molecule has 3 aromatic carbocycles. The number of hydrogen-bond donors (Lipinski definition) is 2. The van der Waals surface area contributed by atoms with Crippen molar-refractivity contribution in [2.45, 2.75) is 18.8 Å². The second-order valence-electron chi connectivity index (χ2n) is 8.05. The van der Waals surface area contributed by atoms with E-state index in [-0.39, 0.29) is 17.7 Å². The van der Waals surface area contributed by atoms with Crippen molar-refractivity contribution in [2.24, 2.45) is 11.8 Å². The van der Waals surface area contributed by atoms with E-state index in [0.29, 0.717) is 12.3 Å². The Bertz CT molecular complexity index is 1110. The maximum absolute atomic E-state index is 13.5. The summed E-state index contributed by atoms with van der Waals surface area (Å²) in [5, 5.41) is 13.2. The summed E-state index contributed by atoms with van der Waals surface area (Å²) in [7, 11) is 0. The second-order valence-corrected chi connectivity index (χ2v) is 8.05. The van der Waals surface area contributed by atoms with E-state index >= 15 is 0 Å².